The van der Waals surface area contributed by atoms with E-state index in [1.54, 1.807) is 6.08 Å². The second-order valence-corrected chi connectivity index (χ2v) is 4.13. The molecule has 0 spiro atoms. The molecular weight excluding hydrogens is 176 g/mol. The second-order valence-electron chi connectivity index (χ2n) is 4.13. The molecule has 2 N–H and O–H groups in total. The second kappa shape index (κ2) is 5.81. The maximum absolute atomic E-state index is 11.4. The minimum Gasteiger partial charge on any atom is -0.349 e. The van der Waals surface area contributed by atoms with Crippen molar-refractivity contribution >= 4 is 5.91 Å². The fourth-order valence-electron chi connectivity index (χ4n) is 1.65. The van der Waals surface area contributed by atoms with Crippen LogP contribution in [0, 0.1) is 0 Å². The summed E-state index contributed by atoms with van der Waals surface area (Å²) < 4.78 is 0. The Kier molecular flexibility index (Phi) is 4.66. The fourth-order valence-corrected chi connectivity index (χ4v) is 1.65. The molecule has 1 aliphatic heterocycles. The number of allylic oxidation sites excluding steroid dienone is 1. The van der Waals surface area contributed by atoms with Gasteiger partial charge in [-0.2, -0.15) is 0 Å². The molecule has 1 rings (SSSR count). The van der Waals surface area contributed by atoms with E-state index in [1.807, 2.05) is 13.8 Å². The zero-order chi connectivity index (χ0) is 10.4. The van der Waals surface area contributed by atoms with Crippen LogP contribution >= 0.6 is 0 Å². The van der Waals surface area contributed by atoms with Gasteiger partial charge in [-0.3, -0.25) is 4.79 Å². The quantitative estimate of drug-likeness (QED) is 0.652. The van der Waals surface area contributed by atoms with Crippen molar-refractivity contribution in [2.24, 2.45) is 0 Å². The predicted molar refractivity (Wildman–Crippen MR) is 58.1 cm³/mol. The van der Waals surface area contributed by atoms with E-state index in [0.29, 0.717) is 6.04 Å². The molecule has 0 aliphatic carbocycles. The van der Waals surface area contributed by atoms with Crippen LogP contribution in [0.1, 0.15) is 33.1 Å². The summed E-state index contributed by atoms with van der Waals surface area (Å²) >= 11 is 0. The average molecular weight is 196 g/mol. The highest BCUT2D eigenvalue weighted by molar-refractivity contribution is 5.88. The highest BCUT2D eigenvalue weighted by atomic mass is 16.1. The van der Waals surface area contributed by atoms with Gasteiger partial charge in [0.05, 0.1) is 0 Å². The van der Waals surface area contributed by atoms with Crippen LogP contribution in [-0.4, -0.2) is 25.0 Å². The number of amides is 1. The van der Waals surface area contributed by atoms with Gasteiger partial charge in [-0.05, 0) is 33.2 Å². The van der Waals surface area contributed by atoms with E-state index in [0.717, 1.165) is 25.1 Å². The van der Waals surface area contributed by atoms with Crippen LogP contribution in [0.3, 0.4) is 0 Å². The van der Waals surface area contributed by atoms with E-state index in [9.17, 15) is 4.79 Å². The molecule has 1 unspecified atom stereocenters. The Morgan fingerprint density at radius 1 is 1.43 bits per heavy atom. The summed E-state index contributed by atoms with van der Waals surface area (Å²) in [7, 11) is 0. The normalized spacial score (nSPS) is 22.3. The van der Waals surface area contributed by atoms with Gasteiger partial charge in [0.1, 0.15) is 0 Å². The molecular formula is C11H20N2O. The molecule has 0 saturated carbocycles. The number of carbonyl (C=O) groups excluding carboxylic acids is 1. The Balaban J connectivity index is 2.34. The van der Waals surface area contributed by atoms with Crippen molar-refractivity contribution in [1.29, 1.82) is 0 Å². The lowest BCUT2D eigenvalue weighted by atomic mass is 10.1. The molecule has 1 amide bonds. The van der Waals surface area contributed by atoms with Crippen LogP contribution in [-0.2, 0) is 4.79 Å². The van der Waals surface area contributed by atoms with E-state index in [4.69, 9.17) is 0 Å². The largest absolute Gasteiger partial charge is 0.349 e. The van der Waals surface area contributed by atoms with Crippen molar-refractivity contribution in [1.82, 2.24) is 10.6 Å². The van der Waals surface area contributed by atoms with E-state index in [2.05, 4.69) is 10.6 Å². The van der Waals surface area contributed by atoms with Crippen molar-refractivity contribution in [3.05, 3.63) is 11.6 Å². The summed E-state index contributed by atoms with van der Waals surface area (Å²) in [4.78, 5) is 11.4. The highest BCUT2D eigenvalue weighted by Crippen LogP contribution is 2.04. The van der Waals surface area contributed by atoms with Gasteiger partial charge in [0.2, 0.25) is 5.91 Å². The standard InChI is InChI=1S/C11H20N2O/c1-9(2)7-11(14)13-10-5-3-4-6-12-8-10/h7,10,12H,3-6,8H2,1-2H3,(H,13,14). The zero-order valence-electron chi connectivity index (χ0n) is 9.10. The lowest BCUT2D eigenvalue weighted by molar-refractivity contribution is -0.117. The number of nitrogens with one attached hydrogen (secondary N) is 2. The molecule has 1 fully saturated rings. The van der Waals surface area contributed by atoms with Crippen LogP contribution < -0.4 is 10.6 Å². The SMILES string of the molecule is CC(C)=CC(=O)NC1CCCCNC1. The van der Waals surface area contributed by atoms with E-state index in [1.165, 1.54) is 12.8 Å². The van der Waals surface area contributed by atoms with Crippen LogP contribution in [0.2, 0.25) is 0 Å². The molecule has 3 heteroatoms. The first-order valence-corrected chi connectivity index (χ1v) is 5.34. The lowest BCUT2D eigenvalue weighted by Gasteiger charge is -2.14. The average Bonchev–Trinajstić information content (AvgIpc) is 2.31. The summed E-state index contributed by atoms with van der Waals surface area (Å²) in [6.07, 6.45) is 5.17. The number of hydrogen-bond donors (Lipinski definition) is 2. The van der Waals surface area contributed by atoms with Crippen molar-refractivity contribution in [3.63, 3.8) is 0 Å². The van der Waals surface area contributed by atoms with Crippen molar-refractivity contribution in [2.45, 2.75) is 39.2 Å². The van der Waals surface area contributed by atoms with E-state index in [-0.39, 0.29) is 5.91 Å². The predicted octanol–water partition coefficient (Wildman–Crippen LogP) is 1.21. The van der Waals surface area contributed by atoms with Crippen molar-refractivity contribution in [2.75, 3.05) is 13.1 Å². The van der Waals surface area contributed by atoms with Gasteiger partial charge in [-0.1, -0.05) is 12.0 Å². The highest BCUT2D eigenvalue weighted by Gasteiger charge is 2.12. The first-order valence-electron chi connectivity index (χ1n) is 5.34. The van der Waals surface area contributed by atoms with Crippen molar-refractivity contribution in [3.8, 4) is 0 Å². The van der Waals surface area contributed by atoms with Gasteiger partial charge >= 0.3 is 0 Å². The molecule has 0 aromatic heterocycles. The summed E-state index contributed by atoms with van der Waals surface area (Å²) in [6, 6.07) is 0.306. The molecule has 1 heterocycles. The number of carbonyl (C=O) groups is 1. The third-order valence-corrected chi connectivity index (χ3v) is 2.31. The smallest absolute Gasteiger partial charge is 0.244 e. The van der Waals surface area contributed by atoms with Gasteiger partial charge in [0, 0.05) is 18.7 Å². The van der Waals surface area contributed by atoms with E-state index >= 15 is 0 Å². The minimum atomic E-state index is 0.0405. The molecule has 0 radical (unpaired) electrons. The Labute approximate surface area is 86.0 Å². The zero-order valence-corrected chi connectivity index (χ0v) is 9.10. The summed E-state index contributed by atoms with van der Waals surface area (Å²) in [5.74, 6) is 0.0405. The maximum Gasteiger partial charge on any atom is 0.244 e. The van der Waals surface area contributed by atoms with Crippen molar-refractivity contribution < 1.29 is 4.79 Å². The molecule has 3 nitrogen and oxygen atoms in total. The first-order chi connectivity index (χ1) is 6.68. The van der Waals surface area contributed by atoms with Gasteiger partial charge in [-0.25, -0.2) is 0 Å². The number of rotatable bonds is 2. The summed E-state index contributed by atoms with van der Waals surface area (Å²) in [6.45, 7) is 5.85. The molecule has 1 saturated heterocycles. The molecule has 1 aliphatic rings. The third kappa shape index (κ3) is 4.42. The monoisotopic (exact) mass is 196 g/mol. The fraction of sp³-hybridized carbons (Fsp3) is 0.727. The van der Waals surface area contributed by atoms with Crippen LogP contribution in [0.25, 0.3) is 0 Å². The molecule has 80 valence electrons. The maximum atomic E-state index is 11.4. The first kappa shape index (κ1) is 11.2. The molecule has 0 aromatic rings. The van der Waals surface area contributed by atoms with Crippen LogP contribution in [0.15, 0.2) is 11.6 Å². The topological polar surface area (TPSA) is 41.1 Å². The third-order valence-electron chi connectivity index (χ3n) is 2.31. The number of hydrogen-bond acceptors (Lipinski definition) is 2. The Morgan fingerprint density at radius 3 is 2.93 bits per heavy atom. The van der Waals surface area contributed by atoms with Gasteiger partial charge in [0.25, 0.3) is 0 Å². The van der Waals surface area contributed by atoms with Gasteiger partial charge < -0.3 is 10.6 Å². The summed E-state index contributed by atoms with van der Waals surface area (Å²) in [5, 5.41) is 6.33. The Hall–Kier alpha value is -0.830. The van der Waals surface area contributed by atoms with Gasteiger partial charge in [-0.15, -0.1) is 0 Å². The molecule has 0 aromatic carbocycles. The molecule has 0 bridgehead atoms. The Morgan fingerprint density at radius 2 is 2.21 bits per heavy atom. The summed E-state index contributed by atoms with van der Waals surface area (Å²) in [5.41, 5.74) is 1.05. The van der Waals surface area contributed by atoms with Crippen LogP contribution in [0.4, 0.5) is 0 Å². The molecule has 1 atom stereocenters. The lowest BCUT2D eigenvalue weighted by Crippen LogP contribution is -2.40. The Bertz CT molecular complexity index is 211. The molecule has 14 heavy (non-hydrogen) atoms. The minimum absolute atomic E-state index is 0.0405. The van der Waals surface area contributed by atoms with Crippen LogP contribution in [0.5, 0.6) is 0 Å². The van der Waals surface area contributed by atoms with Gasteiger partial charge in [0.15, 0.2) is 0 Å². The van der Waals surface area contributed by atoms with E-state index < -0.39 is 0 Å².